The van der Waals surface area contributed by atoms with Gasteiger partial charge in [-0.15, -0.1) is 0 Å². The molecular formula is C20H21N5O3. The fourth-order valence-electron chi connectivity index (χ4n) is 3.31. The van der Waals surface area contributed by atoms with Gasteiger partial charge >= 0.3 is 0 Å². The number of piperidine rings is 1. The standard InChI is InChI=1S/C20H21N5O3/c21-17-12-14(9-10-22-17)20-23-19(24-28-20)16-8-4-5-11-25(16)18(26)13-27-15-6-2-1-3-7-15/h1-3,6-7,9-10,12,16H,4-5,8,11,13H2,(H2,21,22)/t16-/m1/s1. The number of benzene rings is 1. The summed E-state index contributed by atoms with van der Waals surface area (Å²) in [6.07, 6.45) is 4.32. The van der Waals surface area contributed by atoms with Crippen molar-refractivity contribution < 1.29 is 14.1 Å². The van der Waals surface area contributed by atoms with Crippen LogP contribution in [-0.2, 0) is 4.79 Å². The van der Waals surface area contributed by atoms with Crippen LogP contribution in [0.3, 0.4) is 0 Å². The molecule has 8 nitrogen and oxygen atoms in total. The number of carbonyl (C=O) groups excluding carboxylic acids is 1. The number of aromatic nitrogens is 3. The van der Waals surface area contributed by atoms with E-state index >= 15 is 0 Å². The molecule has 0 bridgehead atoms. The van der Waals surface area contributed by atoms with Gasteiger partial charge in [0.1, 0.15) is 11.6 Å². The smallest absolute Gasteiger partial charge is 0.261 e. The summed E-state index contributed by atoms with van der Waals surface area (Å²) < 4.78 is 11.0. The molecule has 1 saturated heterocycles. The van der Waals surface area contributed by atoms with Crippen LogP contribution in [-0.4, -0.2) is 39.1 Å². The molecule has 28 heavy (non-hydrogen) atoms. The lowest BCUT2D eigenvalue weighted by Gasteiger charge is -2.33. The van der Waals surface area contributed by atoms with Crippen LogP contribution in [0.15, 0.2) is 53.2 Å². The Bertz CT molecular complexity index is 944. The largest absolute Gasteiger partial charge is 0.484 e. The fourth-order valence-corrected chi connectivity index (χ4v) is 3.31. The maximum absolute atomic E-state index is 12.8. The van der Waals surface area contributed by atoms with Crippen LogP contribution in [0.2, 0.25) is 0 Å². The second-order valence-corrected chi connectivity index (χ2v) is 6.63. The summed E-state index contributed by atoms with van der Waals surface area (Å²) in [5, 5.41) is 4.11. The molecular weight excluding hydrogens is 358 g/mol. The lowest BCUT2D eigenvalue weighted by molar-refractivity contribution is -0.137. The topological polar surface area (TPSA) is 107 Å². The van der Waals surface area contributed by atoms with E-state index in [0.717, 1.165) is 19.3 Å². The fraction of sp³-hybridized carbons (Fsp3) is 0.300. The highest BCUT2D eigenvalue weighted by molar-refractivity contribution is 5.78. The minimum atomic E-state index is -0.225. The Kier molecular flexibility index (Phi) is 5.18. The van der Waals surface area contributed by atoms with Crippen molar-refractivity contribution in [3.8, 4) is 17.2 Å². The monoisotopic (exact) mass is 379 g/mol. The Hall–Kier alpha value is -3.42. The number of hydrogen-bond acceptors (Lipinski definition) is 7. The Morgan fingerprint density at radius 1 is 1.25 bits per heavy atom. The maximum atomic E-state index is 12.8. The number of nitrogen functional groups attached to an aromatic ring is 1. The number of carbonyl (C=O) groups is 1. The molecule has 4 rings (SSSR count). The zero-order chi connectivity index (χ0) is 19.3. The van der Waals surface area contributed by atoms with Crippen molar-refractivity contribution in [2.75, 3.05) is 18.9 Å². The second-order valence-electron chi connectivity index (χ2n) is 6.63. The predicted molar refractivity (Wildman–Crippen MR) is 102 cm³/mol. The number of nitrogens with two attached hydrogens (primary N) is 1. The number of amides is 1. The summed E-state index contributed by atoms with van der Waals surface area (Å²) in [5.74, 6) is 1.82. The van der Waals surface area contributed by atoms with Crippen molar-refractivity contribution in [2.45, 2.75) is 25.3 Å². The predicted octanol–water partition coefficient (Wildman–Crippen LogP) is 2.85. The van der Waals surface area contributed by atoms with Gasteiger partial charge < -0.3 is 19.9 Å². The average Bonchev–Trinajstić information content (AvgIpc) is 3.23. The van der Waals surface area contributed by atoms with Crippen molar-refractivity contribution in [1.82, 2.24) is 20.0 Å². The van der Waals surface area contributed by atoms with Gasteiger partial charge in [-0.3, -0.25) is 4.79 Å². The zero-order valence-corrected chi connectivity index (χ0v) is 15.3. The Labute approximate surface area is 162 Å². The Balaban J connectivity index is 1.48. The van der Waals surface area contributed by atoms with Crippen LogP contribution in [0.25, 0.3) is 11.5 Å². The van der Waals surface area contributed by atoms with Crippen LogP contribution in [0, 0.1) is 0 Å². The summed E-state index contributed by atoms with van der Waals surface area (Å²) in [6.45, 7) is 0.625. The minimum Gasteiger partial charge on any atom is -0.484 e. The van der Waals surface area contributed by atoms with Gasteiger partial charge in [0.15, 0.2) is 12.4 Å². The van der Waals surface area contributed by atoms with E-state index in [1.165, 1.54) is 0 Å². The molecule has 0 aliphatic carbocycles. The molecule has 144 valence electrons. The van der Waals surface area contributed by atoms with Gasteiger partial charge in [0.05, 0.1) is 6.04 Å². The highest BCUT2D eigenvalue weighted by Gasteiger charge is 2.31. The SMILES string of the molecule is Nc1cc(-c2nc([C@H]3CCCCN3C(=O)COc3ccccc3)no2)ccn1. The molecule has 1 aromatic carbocycles. The highest BCUT2D eigenvalue weighted by Crippen LogP contribution is 2.31. The van der Waals surface area contributed by atoms with Crippen LogP contribution >= 0.6 is 0 Å². The number of anilines is 1. The highest BCUT2D eigenvalue weighted by atomic mass is 16.5. The van der Waals surface area contributed by atoms with Gasteiger partial charge in [0.25, 0.3) is 11.8 Å². The second kappa shape index (κ2) is 8.08. The average molecular weight is 379 g/mol. The van der Waals surface area contributed by atoms with E-state index in [4.69, 9.17) is 15.0 Å². The van der Waals surface area contributed by atoms with Crippen LogP contribution in [0.4, 0.5) is 5.82 Å². The summed E-state index contributed by atoms with van der Waals surface area (Å²) in [6, 6.07) is 12.5. The molecule has 2 N–H and O–H groups in total. The lowest BCUT2D eigenvalue weighted by atomic mass is 10.0. The first-order chi connectivity index (χ1) is 13.7. The van der Waals surface area contributed by atoms with Crippen LogP contribution < -0.4 is 10.5 Å². The van der Waals surface area contributed by atoms with E-state index in [1.54, 1.807) is 23.2 Å². The summed E-state index contributed by atoms with van der Waals surface area (Å²) in [7, 11) is 0. The molecule has 0 spiro atoms. The van der Waals surface area contributed by atoms with Crippen LogP contribution in [0.5, 0.6) is 5.75 Å². The number of rotatable bonds is 5. The summed E-state index contributed by atoms with van der Waals surface area (Å²) in [5.41, 5.74) is 6.42. The van der Waals surface area contributed by atoms with Crippen molar-refractivity contribution in [2.24, 2.45) is 0 Å². The molecule has 1 fully saturated rings. The van der Waals surface area contributed by atoms with Gasteiger partial charge in [-0.25, -0.2) is 4.98 Å². The number of para-hydroxylation sites is 1. The van der Waals surface area contributed by atoms with Crippen LogP contribution in [0.1, 0.15) is 31.1 Å². The molecule has 1 amide bonds. The number of hydrogen-bond donors (Lipinski definition) is 1. The van der Waals surface area contributed by atoms with Crippen molar-refractivity contribution in [3.05, 3.63) is 54.5 Å². The molecule has 8 heteroatoms. The maximum Gasteiger partial charge on any atom is 0.261 e. The Morgan fingerprint density at radius 3 is 2.93 bits per heavy atom. The molecule has 0 unspecified atom stereocenters. The summed E-state index contributed by atoms with van der Waals surface area (Å²) in [4.78, 5) is 23.0. The van der Waals surface area contributed by atoms with Gasteiger partial charge in [-0.05, 0) is 43.5 Å². The quantitative estimate of drug-likeness (QED) is 0.726. The Morgan fingerprint density at radius 2 is 2.11 bits per heavy atom. The number of nitrogens with zero attached hydrogens (tertiary/aromatic N) is 4. The van der Waals surface area contributed by atoms with Crippen molar-refractivity contribution >= 4 is 11.7 Å². The molecule has 0 radical (unpaired) electrons. The van der Waals surface area contributed by atoms with Gasteiger partial charge in [-0.2, -0.15) is 4.98 Å². The molecule has 3 heterocycles. The third kappa shape index (κ3) is 3.95. The first-order valence-electron chi connectivity index (χ1n) is 9.23. The van der Waals surface area contributed by atoms with E-state index < -0.39 is 0 Å². The third-order valence-electron chi connectivity index (χ3n) is 4.70. The molecule has 0 saturated carbocycles. The molecule has 1 atom stereocenters. The molecule has 1 aliphatic heterocycles. The first kappa shape index (κ1) is 18.0. The van der Waals surface area contributed by atoms with E-state index in [0.29, 0.717) is 35.4 Å². The molecule has 3 aromatic rings. The molecule has 1 aliphatic rings. The van der Waals surface area contributed by atoms with Gasteiger partial charge in [0.2, 0.25) is 0 Å². The first-order valence-corrected chi connectivity index (χ1v) is 9.23. The minimum absolute atomic E-state index is 0.0217. The summed E-state index contributed by atoms with van der Waals surface area (Å²) >= 11 is 0. The number of likely N-dealkylation sites (tertiary alicyclic amines) is 1. The van der Waals surface area contributed by atoms with Gasteiger partial charge in [0, 0.05) is 18.3 Å². The van der Waals surface area contributed by atoms with Gasteiger partial charge in [-0.1, -0.05) is 23.4 Å². The van der Waals surface area contributed by atoms with Crippen molar-refractivity contribution in [1.29, 1.82) is 0 Å². The number of pyridine rings is 1. The van der Waals surface area contributed by atoms with E-state index in [1.807, 2.05) is 30.3 Å². The van der Waals surface area contributed by atoms with E-state index in [9.17, 15) is 4.79 Å². The van der Waals surface area contributed by atoms with E-state index in [2.05, 4.69) is 15.1 Å². The lowest BCUT2D eigenvalue weighted by Crippen LogP contribution is -2.41. The van der Waals surface area contributed by atoms with Crippen molar-refractivity contribution in [3.63, 3.8) is 0 Å². The molecule has 2 aromatic heterocycles. The van der Waals surface area contributed by atoms with E-state index in [-0.39, 0.29) is 18.6 Å². The normalized spacial score (nSPS) is 16.7. The zero-order valence-electron chi connectivity index (χ0n) is 15.3. The number of ether oxygens (including phenoxy) is 1. The third-order valence-corrected chi connectivity index (χ3v) is 4.70.